The Bertz CT molecular complexity index is 573. The quantitative estimate of drug-likeness (QED) is 0.685. The zero-order valence-electron chi connectivity index (χ0n) is 9.83. The molecule has 3 N–H and O–H groups in total. The molecule has 106 valence electrons. The van der Waals surface area contributed by atoms with E-state index in [4.69, 9.17) is 26.6 Å². The van der Waals surface area contributed by atoms with Gasteiger partial charge in [-0.25, -0.2) is 8.42 Å². The summed E-state index contributed by atoms with van der Waals surface area (Å²) in [6, 6.07) is 2.05. The lowest BCUT2D eigenvalue weighted by molar-refractivity contribution is -0.139. The summed E-state index contributed by atoms with van der Waals surface area (Å²) in [5, 5.41) is 17.5. The van der Waals surface area contributed by atoms with Crippen LogP contribution in [0, 0.1) is 0 Å². The number of aliphatic hydroxyl groups is 1. The average molecular weight is 310 g/mol. The van der Waals surface area contributed by atoms with E-state index in [-0.39, 0.29) is 15.7 Å². The Balaban J connectivity index is 3.07. The molecular weight excluding hydrogens is 298 g/mol. The molecule has 1 unspecified atom stereocenters. The first kappa shape index (κ1) is 15.7. The van der Waals surface area contributed by atoms with Crippen LogP contribution in [0.1, 0.15) is 0 Å². The number of aliphatic hydroxyl groups excluding tert-OH is 1. The molecule has 0 aliphatic rings. The molecule has 0 radical (unpaired) electrons. The molecule has 1 aromatic rings. The van der Waals surface area contributed by atoms with Crippen molar-refractivity contribution in [1.82, 2.24) is 4.72 Å². The van der Waals surface area contributed by atoms with Crippen molar-refractivity contribution in [2.45, 2.75) is 10.9 Å². The van der Waals surface area contributed by atoms with Crippen LogP contribution < -0.4 is 9.46 Å². The summed E-state index contributed by atoms with van der Waals surface area (Å²) < 4.78 is 30.5. The largest absolute Gasteiger partial charge is 0.495 e. The van der Waals surface area contributed by atoms with E-state index in [1.165, 1.54) is 19.2 Å². The van der Waals surface area contributed by atoms with Crippen molar-refractivity contribution in [3.8, 4) is 5.75 Å². The lowest BCUT2D eigenvalue weighted by Gasteiger charge is -2.13. The zero-order valence-corrected chi connectivity index (χ0v) is 11.4. The van der Waals surface area contributed by atoms with Crippen LogP contribution in [0.2, 0.25) is 5.02 Å². The van der Waals surface area contributed by atoms with Gasteiger partial charge in [-0.1, -0.05) is 11.6 Å². The maximum absolute atomic E-state index is 11.9. The first-order valence-corrected chi connectivity index (χ1v) is 6.87. The van der Waals surface area contributed by atoms with E-state index in [2.05, 4.69) is 0 Å². The van der Waals surface area contributed by atoms with Crippen LogP contribution in [0.25, 0.3) is 0 Å². The number of hydrogen-bond donors (Lipinski definition) is 3. The standard InChI is InChI=1S/C10H12ClNO6S/c1-18-9-3-2-6(4-7(9)11)19(16,17)12-8(5-13)10(14)15/h2-4,8,12-13H,5H2,1H3,(H,14,15). The molecule has 0 aromatic heterocycles. The van der Waals surface area contributed by atoms with Gasteiger partial charge in [0.15, 0.2) is 0 Å². The normalized spacial score (nSPS) is 13.0. The number of carbonyl (C=O) groups is 1. The fraction of sp³-hybridized carbons (Fsp3) is 0.300. The SMILES string of the molecule is COc1ccc(S(=O)(=O)NC(CO)C(=O)O)cc1Cl. The molecule has 1 rings (SSSR count). The molecule has 0 bridgehead atoms. The van der Waals surface area contributed by atoms with Gasteiger partial charge in [0.25, 0.3) is 0 Å². The van der Waals surface area contributed by atoms with Gasteiger partial charge in [0.1, 0.15) is 11.8 Å². The molecule has 7 nitrogen and oxygen atoms in total. The van der Waals surface area contributed by atoms with Crippen LogP contribution in [0.15, 0.2) is 23.1 Å². The van der Waals surface area contributed by atoms with Crippen molar-refractivity contribution in [1.29, 1.82) is 0 Å². The second-order valence-corrected chi connectivity index (χ2v) is 5.61. The predicted molar refractivity (Wildman–Crippen MR) is 66.8 cm³/mol. The van der Waals surface area contributed by atoms with Gasteiger partial charge in [-0.3, -0.25) is 4.79 Å². The van der Waals surface area contributed by atoms with E-state index in [1.807, 2.05) is 4.72 Å². The summed E-state index contributed by atoms with van der Waals surface area (Å²) in [5.74, 6) is -1.19. The van der Waals surface area contributed by atoms with Gasteiger partial charge in [0.2, 0.25) is 10.0 Å². The molecule has 9 heteroatoms. The zero-order chi connectivity index (χ0) is 14.6. The van der Waals surface area contributed by atoms with Crippen molar-refractivity contribution in [2.24, 2.45) is 0 Å². The number of ether oxygens (including phenoxy) is 1. The fourth-order valence-corrected chi connectivity index (χ4v) is 2.76. The van der Waals surface area contributed by atoms with Crippen molar-refractivity contribution < 1.29 is 28.2 Å². The monoisotopic (exact) mass is 309 g/mol. The highest BCUT2D eigenvalue weighted by atomic mass is 35.5. The summed E-state index contributed by atoms with van der Waals surface area (Å²) in [6.07, 6.45) is 0. The molecule has 19 heavy (non-hydrogen) atoms. The summed E-state index contributed by atoms with van der Waals surface area (Å²) in [6.45, 7) is -0.863. The van der Waals surface area contributed by atoms with E-state index >= 15 is 0 Å². The second kappa shape index (κ2) is 6.20. The van der Waals surface area contributed by atoms with Crippen LogP contribution in [0.4, 0.5) is 0 Å². The first-order valence-electron chi connectivity index (χ1n) is 5.01. The van der Waals surface area contributed by atoms with Gasteiger partial charge in [0.05, 0.1) is 23.6 Å². The molecule has 0 fully saturated rings. The van der Waals surface area contributed by atoms with Crippen LogP contribution in [-0.4, -0.2) is 44.4 Å². The summed E-state index contributed by atoms with van der Waals surface area (Å²) >= 11 is 5.79. The molecule has 0 aliphatic carbocycles. The average Bonchev–Trinajstić information content (AvgIpc) is 2.35. The summed E-state index contributed by atoms with van der Waals surface area (Å²) in [7, 11) is -2.72. The maximum Gasteiger partial charge on any atom is 0.324 e. The topological polar surface area (TPSA) is 113 Å². The van der Waals surface area contributed by atoms with E-state index in [0.29, 0.717) is 0 Å². The molecule has 0 heterocycles. The Hall–Kier alpha value is -1.35. The number of aliphatic carboxylic acids is 1. The Morgan fingerprint density at radius 2 is 2.16 bits per heavy atom. The van der Waals surface area contributed by atoms with Gasteiger partial charge in [0, 0.05) is 0 Å². The van der Waals surface area contributed by atoms with Crippen LogP contribution >= 0.6 is 11.6 Å². The minimum Gasteiger partial charge on any atom is -0.495 e. The molecular formula is C10H12ClNO6S. The maximum atomic E-state index is 11.9. The number of sulfonamides is 1. The summed E-state index contributed by atoms with van der Waals surface area (Å²) in [5.41, 5.74) is 0. The number of nitrogens with one attached hydrogen (secondary N) is 1. The van der Waals surface area contributed by atoms with E-state index < -0.39 is 28.6 Å². The number of carboxylic acids is 1. The van der Waals surface area contributed by atoms with Gasteiger partial charge in [-0.2, -0.15) is 4.72 Å². The third kappa shape index (κ3) is 3.80. The van der Waals surface area contributed by atoms with Gasteiger partial charge in [-0.15, -0.1) is 0 Å². The Morgan fingerprint density at radius 3 is 2.58 bits per heavy atom. The van der Waals surface area contributed by atoms with Crippen molar-refractivity contribution in [3.63, 3.8) is 0 Å². The van der Waals surface area contributed by atoms with Crippen LogP contribution in [0.5, 0.6) is 5.75 Å². The van der Waals surface area contributed by atoms with Crippen LogP contribution in [-0.2, 0) is 14.8 Å². The molecule has 0 aliphatic heterocycles. The van der Waals surface area contributed by atoms with Gasteiger partial charge < -0.3 is 14.9 Å². The smallest absolute Gasteiger partial charge is 0.324 e. The van der Waals surface area contributed by atoms with Crippen LogP contribution in [0.3, 0.4) is 0 Å². The molecule has 1 atom stereocenters. The number of carboxylic acid groups (broad SMARTS) is 1. The highest BCUT2D eigenvalue weighted by molar-refractivity contribution is 7.89. The number of halogens is 1. The second-order valence-electron chi connectivity index (χ2n) is 3.49. The Kier molecular flexibility index (Phi) is 5.12. The molecule has 0 saturated heterocycles. The van der Waals surface area contributed by atoms with E-state index in [9.17, 15) is 13.2 Å². The molecule has 0 saturated carbocycles. The Labute approximate surface area is 114 Å². The van der Waals surface area contributed by atoms with E-state index in [0.717, 1.165) is 6.07 Å². The lowest BCUT2D eigenvalue weighted by Crippen LogP contribution is -2.43. The van der Waals surface area contributed by atoms with Gasteiger partial charge in [-0.05, 0) is 18.2 Å². The highest BCUT2D eigenvalue weighted by Gasteiger charge is 2.25. The number of rotatable bonds is 6. The van der Waals surface area contributed by atoms with Crippen molar-refractivity contribution in [3.05, 3.63) is 23.2 Å². The number of hydrogen-bond acceptors (Lipinski definition) is 5. The lowest BCUT2D eigenvalue weighted by atomic mass is 10.3. The van der Waals surface area contributed by atoms with Crippen molar-refractivity contribution >= 4 is 27.6 Å². The first-order chi connectivity index (χ1) is 8.81. The number of benzene rings is 1. The minimum absolute atomic E-state index is 0.0706. The van der Waals surface area contributed by atoms with Crippen molar-refractivity contribution in [2.75, 3.05) is 13.7 Å². The predicted octanol–water partition coefficient (Wildman–Crippen LogP) is 0.0724. The van der Waals surface area contributed by atoms with Gasteiger partial charge >= 0.3 is 5.97 Å². The molecule has 0 spiro atoms. The molecule has 1 aromatic carbocycles. The third-order valence-electron chi connectivity index (χ3n) is 2.21. The third-order valence-corrected chi connectivity index (χ3v) is 3.98. The number of methoxy groups -OCH3 is 1. The summed E-state index contributed by atoms with van der Waals surface area (Å²) in [4.78, 5) is 10.4. The molecule has 0 amide bonds. The highest BCUT2D eigenvalue weighted by Crippen LogP contribution is 2.26. The minimum atomic E-state index is -4.09. The fourth-order valence-electron chi connectivity index (χ4n) is 1.24. The Morgan fingerprint density at radius 1 is 1.53 bits per heavy atom. The van der Waals surface area contributed by atoms with E-state index in [1.54, 1.807) is 0 Å².